The highest BCUT2D eigenvalue weighted by Crippen LogP contribution is 2.21. The van der Waals surface area contributed by atoms with Crippen LogP contribution in [0.4, 0.5) is 4.39 Å². The van der Waals surface area contributed by atoms with Crippen LogP contribution >= 0.6 is 11.6 Å². The molecule has 4 heteroatoms. The van der Waals surface area contributed by atoms with E-state index in [0.717, 1.165) is 22.4 Å². The molecule has 0 saturated carbocycles. The zero-order valence-corrected chi connectivity index (χ0v) is 12.8. The Balaban J connectivity index is 2.09. The van der Waals surface area contributed by atoms with Crippen LogP contribution in [0.3, 0.4) is 0 Å². The number of imidazole rings is 1. The maximum Gasteiger partial charge on any atom is 0.129 e. The molecule has 0 unspecified atom stereocenters. The lowest BCUT2D eigenvalue weighted by Crippen LogP contribution is -2.05. The highest BCUT2D eigenvalue weighted by atomic mass is 35.5. The molecule has 3 rings (SSSR count). The van der Waals surface area contributed by atoms with Crippen LogP contribution in [0.25, 0.3) is 11.0 Å². The number of hydrogen-bond acceptors (Lipinski definition) is 1. The number of fused-ring (bicyclic) bond motifs is 1. The van der Waals surface area contributed by atoms with E-state index < -0.39 is 0 Å². The molecule has 0 aliphatic carbocycles. The van der Waals surface area contributed by atoms with Gasteiger partial charge in [0.25, 0.3) is 0 Å². The van der Waals surface area contributed by atoms with E-state index in [4.69, 9.17) is 11.6 Å². The third-order valence-corrected chi connectivity index (χ3v) is 3.93. The molecule has 0 N–H and O–H groups in total. The van der Waals surface area contributed by atoms with Crippen LogP contribution in [0, 0.1) is 19.7 Å². The number of rotatable bonds is 3. The zero-order chi connectivity index (χ0) is 15.0. The highest BCUT2D eigenvalue weighted by Gasteiger charge is 2.11. The van der Waals surface area contributed by atoms with Gasteiger partial charge in [-0.3, -0.25) is 0 Å². The quantitative estimate of drug-likeness (QED) is 0.648. The highest BCUT2D eigenvalue weighted by molar-refractivity contribution is 6.16. The van der Waals surface area contributed by atoms with E-state index in [-0.39, 0.29) is 5.82 Å². The molecule has 2 aromatic carbocycles. The van der Waals surface area contributed by atoms with Gasteiger partial charge in [-0.05, 0) is 42.7 Å². The van der Waals surface area contributed by atoms with Gasteiger partial charge in [0.15, 0.2) is 0 Å². The Labute approximate surface area is 128 Å². The number of benzene rings is 2. The SMILES string of the molecule is Cc1cc(Cn2c(CCl)nc3ccccc32)cc(C)c1F. The number of para-hydroxylation sites is 2. The monoisotopic (exact) mass is 302 g/mol. The summed E-state index contributed by atoms with van der Waals surface area (Å²) in [6, 6.07) is 11.7. The smallest absolute Gasteiger partial charge is 0.129 e. The molecule has 21 heavy (non-hydrogen) atoms. The molecule has 0 saturated heterocycles. The van der Waals surface area contributed by atoms with E-state index in [9.17, 15) is 4.39 Å². The second-order valence-electron chi connectivity index (χ2n) is 5.28. The summed E-state index contributed by atoms with van der Waals surface area (Å²) in [5, 5.41) is 0. The summed E-state index contributed by atoms with van der Waals surface area (Å²) >= 11 is 6.01. The molecule has 0 fully saturated rings. The van der Waals surface area contributed by atoms with E-state index >= 15 is 0 Å². The molecule has 1 aromatic heterocycles. The topological polar surface area (TPSA) is 17.8 Å². The van der Waals surface area contributed by atoms with Crippen molar-refractivity contribution in [1.82, 2.24) is 9.55 Å². The molecule has 0 atom stereocenters. The van der Waals surface area contributed by atoms with Crippen molar-refractivity contribution in [1.29, 1.82) is 0 Å². The fraction of sp³-hybridized carbons (Fsp3) is 0.235. The first-order chi connectivity index (χ1) is 10.1. The van der Waals surface area contributed by atoms with Gasteiger partial charge < -0.3 is 4.57 Å². The third-order valence-electron chi connectivity index (χ3n) is 3.69. The Morgan fingerprint density at radius 2 is 1.81 bits per heavy atom. The molecule has 0 amide bonds. The first-order valence-electron chi connectivity index (χ1n) is 6.86. The number of aromatic nitrogens is 2. The van der Waals surface area contributed by atoms with E-state index in [1.807, 2.05) is 36.4 Å². The summed E-state index contributed by atoms with van der Waals surface area (Å²) in [6.45, 7) is 4.23. The minimum atomic E-state index is -0.133. The third kappa shape index (κ3) is 2.54. The van der Waals surface area contributed by atoms with Crippen LogP contribution in [0.15, 0.2) is 36.4 Å². The van der Waals surface area contributed by atoms with Gasteiger partial charge in [-0.25, -0.2) is 9.37 Å². The van der Waals surface area contributed by atoms with Crippen LogP contribution < -0.4 is 0 Å². The zero-order valence-electron chi connectivity index (χ0n) is 12.0. The van der Waals surface area contributed by atoms with E-state index in [1.165, 1.54) is 0 Å². The van der Waals surface area contributed by atoms with Crippen molar-refractivity contribution in [2.24, 2.45) is 0 Å². The van der Waals surface area contributed by atoms with E-state index in [2.05, 4.69) is 9.55 Å². The molecule has 2 nitrogen and oxygen atoms in total. The first kappa shape index (κ1) is 14.1. The summed E-state index contributed by atoms with van der Waals surface area (Å²) in [5.74, 6) is 1.05. The minimum Gasteiger partial charge on any atom is -0.322 e. The number of nitrogens with zero attached hydrogens (tertiary/aromatic N) is 2. The molecule has 0 aliphatic heterocycles. The number of alkyl halides is 1. The fourth-order valence-electron chi connectivity index (χ4n) is 2.71. The van der Waals surface area contributed by atoms with Crippen LogP contribution in [-0.2, 0) is 12.4 Å². The largest absolute Gasteiger partial charge is 0.322 e. The molecule has 0 spiro atoms. The maximum atomic E-state index is 13.7. The lowest BCUT2D eigenvalue weighted by atomic mass is 10.1. The Morgan fingerprint density at radius 3 is 2.48 bits per heavy atom. The van der Waals surface area contributed by atoms with Gasteiger partial charge in [0, 0.05) is 6.54 Å². The molecule has 0 radical (unpaired) electrons. The Hall–Kier alpha value is -1.87. The van der Waals surface area contributed by atoms with Crippen molar-refractivity contribution in [3.05, 3.63) is 64.7 Å². The first-order valence-corrected chi connectivity index (χ1v) is 7.39. The molecular formula is C17H16ClFN2. The lowest BCUT2D eigenvalue weighted by Gasteiger charge is -2.10. The van der Waals surface area contributed by atoms with Gasteiger partial charge >= 0.3 is 0 Å². The summed E-state index contributed by atoms with van der Waals surface area (Å²) in [4.78, 5) is 4.55. The molecule has 0 bridgehead atoms. The standard InChI is InChI=1S/C17H16ClFN2/c1-11-7-13(8-12(2)17(11)19)10-21-15-6-4-3-5-14(15)20-16(21)9-18/h3-8H,9-10H2,1-2H3. The van der Waals surface area contributed by atoms with E-state index in [0.29, 0.717) is 23.6 Å². The second-order valence-corrected chi connectivity index (χ2v) is 5.55. The average Bonchev–Trinajstić information content (AvgIpc) is 2.83. The van der Waals surface area contributed by atoms with Crippen LogP contribution in [-0.4, -0.2) is 9.55 Å². The fourth-order valence-corrected chi connectivity index (χ4v) is 2.92. The molecular weight excluding hydrogens is 287 g/mol. The molecule has 108 valence electrons. The summed E-state index contributed by atoms with van der Waals surface area (Å²) < 4.78 is 15.8. The Bertz CT molecular complexity index is 785. The summed E-state index contributed by atoms with van der Waals surface area (Å²) in [5.41, 5.74) is 4.38. The second kappa shape index (κ2) is 5.49. The van der Waals surface area contributed by atoms with E-state index in [1.54, 1.807) is 13.8 Å². The van der Waals surface area contributed by atoms with Gasteiger partial charge in [0.1, 0.15) is 11.6 Å². The predicted molar refractivity (Wildman–Crippen MR) is 84.3 cm³/mol. The molecule has 0 aliphatic rings. The van der Waals surface area contributed by atoms with Gasteiger partial charge in [-0.1, -0.05) is 24.3 Å². The summed E-state index contributed by atoms with van der Waals surface area (Å²) in [6.07, 6.45) is 0. The Kier molecular flexibility index (Phi) is 3.68. The van der Waals surface area contributed by atoms with Gasteiger partial charge in [-0.2, -0.15) is 0 Å². The predicted octanol–water partition coefficient (Wildman–Crippen LogP) is 4.58. The van der Waals surface area contributed by atoms with Crippen molar-refractivity contribution in [2.75, 3.05) is 0 Å². The van der Waals surface area contributed by atoms with Crippen molar-refractivity contribution in [3.8, 4) is 0 Å². The number of aryl methyl sites for hydroxylation is 2. The van der Waals surface area contributed by atoms with Gasteiger partial charge in [-0.15, -0.1) is 11.6 Å². The minimum absolute atomic E-state index is 0.133. The number of halogens is 2. The lowest BCUT2D eigenvalue weighted by molar-refractivity contribution is 0.607. The van der Waals surface area contributed by atoms with Crippen LogP contribution in [0.2, 0.25) is 0 Å². The number of hydrogen-bond donors (Lipinski definition) is 0. The normalized spacial score (nSPS) is 11.2. The van der Waals surface area contributed by atoms with Crippen molar-refractivity contribution >= 4 is 22.6 Å². The summed E-state index contributed by atoms with van der Waals surface area (Å²) in [7, 11) is 0. The molecule has 1 heterocycles. The van der Waals surface area contributed by atoms with Crippen molar-refractivity contribution in [2.45, 2.75) is 26.3 Å². The van der Waals surface area contributed by atoms with Gasteiger partial charge in [0.2, 0.25) is 0 Å². The van der Waals surface area contributed by atoms with Crippen LogP contribution in [0.5, 0.6) is 0 Å². The average molecular weight is 303 g/mol. The Morgan fingerprint density at radius 1 is 1.14 bits per heavy atom. The van der Waals surface area contributed by atoms with Gasteiger partial charge in [0.05, 0.1) is 16.9 Å². The maximum absolute atomic E-state index is 13.7. The van der Waals surface area contributed by atoms with Crippen LogP contribution in [0.1, 0.15) is 22.5 Å². The van der Waals surface area contributed by atoms with Crippen molar-refractivity contribution < 1.29 is 4.39 Å². The van der Waals surface area contributed by atoms with Crippen molar-refractivity contribution in [3.63, 3.8) is 0 Å². The molecule has 3 aromatic rings.